The molecule has 6 heteroatoms. The van der Waals surface area contributed by atoms with Crippen LogP contribution in [0.4, 0.5) is 0 Å². The number of nitrogens with zero attached hydrogens (tertiary/aromatic N) is 4. The van der Waals surface area contributed by atoms with Crippen molar-refractivity contribution in [1.82, 2.24) is 19.8 Å². The summed E-state index contributed by atoms with van der Waals surface area (Å²) >= 11 is 0. The minimum Gasteiger partial charge on any atom is -0.486 e. The first kappa shape index (κ1) is 28.4. The summed E-state index contributed by atoms with van der Waals surface area (Å²) in [5.41, 5.74) is 6.24. The lowest BCUT2D eigenvalue weighted by Crippen LogP contribution is -2.55. The number of benzene rings is 4. The Morgan fingerprint density at radius 2 is 1.56 bits per heavy atom. The molecule has 1 saturated heterocycles. The van der Waals surface area contributed by atoms with E-state index in [-0.39, 0.29) is 16.9 Å². The second-order valence-corrected chi connectivity index (χ2v) is 14.5. The fourth-order valence-electron chi connectivity index (χ4n) is 8.91. The molecule has 2 aliphatic heterocycles. The van der Waals surface area contributed by atoms with E-state index in [4.69, 9.17) is 14.7 Å². The van der Waals surface area contributed by atoms with Crippen molar-refractivity contribution >= 4 is 38.7 Å². The highest BCUT2D eigenvalue weighted by atomic mass is 16.5. The number of rotatable bonds is 3. The number of hydrogen-bond acceptors (Lipinski definition) is 5. The van der Waals surface area contributed by atoms with Crippen LogP contribution >= 0.6 is 0 Å². The fourth-order valence-corrected chi connectivity index (χ4v) is 8.91. The van der Waals surface area contributed by atoms with Crippen molar-refractivity contribution < 1.29 is 9.53 Å². The lowest BCUT2D eigenvalue weighted by Gasteiger charge is -2.55. The molecule has 0 bridgehead atoms. The second-order valence-electron chi connectivity index (χ2n) is 14.5. The van der Waals surface area contributed by atoms with E-state index in [2.05, 4.69) is 87.2 Å². The summed E-state index contributed by atoms with van der Waals surface area (Å²) in [5.74, 6) is 2.03. The van der Waals surface area contributed by atoms with Crippen molar-refractivity contribution in [3.8, 4) is 5.75 Å². The molecule has 1 amide bonds. The van der Waals surface area contributed by atoms with Gasteiger partial charge in [-0.1, -0.05) is 74.9 Å². The Kier molecular flexibility index (Phi) is 6.65. The van der Waals surface area contributed by atoms with Crippen LogP contribution < -0.4 is 4.74 Å². The van der Waals surface area contributed by atoms with Gasteiger partial charge in [-0.25, -0.2) is 9.97 Å². The number of ether oxygens (including phenoxy) is 1. The Labute approximate surface area is 265 Å². The van der Waals surface area contributed by atoms with E-state index in [1.807, 2.05) is 23.1 Å². The predicted octanol–water partition coefficient (Wildman–Crippen LogP) is 7.76. The van der Waals surface area contributed by atoms with Gasteiger partial charge in [-0.2, -0.15) is 0 Å². The van der Waals surface area contributed by atoms with Gasteiger partial charge in [-0.3, -0.25) is 9.69 Å². The standard InChI is InChI=1S/C39H42N4O2/c1-25-14-17-32-38(2,3)45-36-29-13-9-8-12-28(29)34-35(33(36)39(32,4)23-25)41-31-22-27(15-16-30(31)40-34)37(44)43-20-18-42(19-21-43)24-26-10-6-5-7-11-26/h5-13,15-16,22,25,32H,14,17-21,23-24H2,1-4H3/t25-,32+,39-/m0/s1. The van der Waals surface area contributed by atoms with Gasteiger partial charge in [0.25, 0.3) is 5.91 Å². The lowest BCUT2D eigenvalue weighted by molar-refractivity contribution is -0.0458. The molecule has 8 rings (SSSR count). The maximum Gasteiger partial charge on any atom is 0.254 e. The first-order valence-electron chi connectivity index (χ1n) is 16.6. The number of amides is 1. The van der Waals surface area contributed by atoms with Crippen molar-refractivity contribution in [3.63, 3.8) is 0 Å². The molecule has 0 spiro atoms. The van der Waals surface area contributed by atoms with Gasteiger partial charge in [0.2, 0.25) is 0 Å². The lowest BCUT2D eigenvalue weighted by atomic mass is 9.55. The van der Waals surface area contributed by atoms with Crippen molar-refractivity contribution in [3.05, 3.63) is 89.5 Å². The Bertz CT molecular complexity index is 1950. The Morgan fingerprint density at radius 1 is 0.844 bits per heavy atom. The van der Waals surface area contributed by atoms with Crippen LogP contribution in [0.2, 0.25) is 0 Å². The van der Waals surface area contributed by atoms with Gasteiger partial charge < -0.3 is 9.64 Å². The molecule has 230 valence electrons. The summed E-state index contributed by atoms with van der Waals surface area (Å²) < 4.78 is 6.98. The van der Waals surface area contributed by atoms with Crippen LogP contribution in [0.15, 0.2) is 72.8 Å². The molecule has 6 nitrogen and oxygen atoms in total. The highest BCUT2D eigenvalue weighted by molar-refractivity contribution is 6.11. The molecule has 2 fully saturated rings. The van der Waals surface area contributed by atoms with E-state index in [1.165, 1.54) is 17.5 Å². The van der Waals surface area contributed by atoms with Gasteiger partial charge in [0.05, 0.1) is 22.1 Å². The third-order valence-corrected chi connectivity index (χ3v) is 11.0. The fraction of sp³-hybridized carbons (Fsp3) is 0.410. The summed E-state index contributed by atoms with van der Waals surface area (Å²) in [6.45, 7) is 13.4. The normalized spacial score (nSPS) is 24.8. The molecule has 3 aliphatic rings. The van der Waals surface area contributed by atoms with Crippen LogP contribution in [0.25, 0.3) is 32.8 Å². The second kappa shape index (κ2) is 10.5. The Hall–Kier alpha value is -4.03. The molecule has 1 aromatic heterocycles. The zero-order chi connectivity index (χ0) is 30.9. The highest BCUT2D eigenvalue weighted by Crippen LogP contribution is 2.59. The molecule has 0 unspecified atom stereocenters. The summed E-state index contributed by atoms with van der Waals surface area (Å²) in [6, 6.07) is 24.9. The molecule has 0 radical (unpaired) electrons. The Morgan fingerprint density at radius 3 is 2.33 bits per heavy atom. The predicted molar refractivity (Wildman–Crippen MR) is 181 cm³/mol. The van der Waals surface area contributed by atoms with Gasteiger partial charge in [-0.15, -0.1) is 0 Å². The van der Waals surface area contributed by atoms with Crippen molar-refractivity contribution in [2.45, 2.75) is 64.5 Å². The van der Waals surface area contributed by atoms with Crippen molar-refractivity contribution in [2.24, 2.45) is 11.8 Å². The molecule has 3 atom stereocenters. The van der Waals surface area contributed by atoms with Gasteiger partial charge >= 0.3 is 0 Å². The van der Waals surface area contributed by atoms with E-state index in [1.54, 1.807) is 0 Å². The summed E-state index contributed by atoms with van der Waals surface area (Å²) in [4.78, 5) is 28.8. The first-order valence-corrected chi connectivity index (χ1v) is 16.6. The third kappa shape index (κ3) is 4.68. The van der Waals surface area contributed by atoms with Gasteiger partial charge in [-0.05, 0) is 56.4 Å². The molecule has 1 aliphatic carbocycles. The number of hydrogen-bond donors (Lipinski definition) is 0. The molecule has 1 saturated carbocycles. The van der Waals surface area contributed by atoms with Crippen LogP contribution in [-0.4, -0.2) is 57.5 Å². The van der Waals surface area contributed by atoms with Gasteiger partial charge in [0, 0.05) is 66.0 Å². The monoisotopic (exact) mass is 598 g/mol. The molecular formula is C39H42N4O2. The van der Waals surface area contributed by atoms with Gasteiger partial charge in [0.1, 0.15) is 11.4 Å². The smallest absolute Gasteiger partial charge is 0.254 e. The number of aromatic nitrogens is 2. The molecule has 3 heterocycles. The van der Waals surface area contributed by atoms with Crippen LogP contribution in [0, 0.1) is 11.8 Å². The summed E-state index contributed by atoms with van der Waals surface area (Å²) in [7, 11) is 0. The molecular weight excluding hydrogens is 556 g/mol. The van der Waals surface area contributed by atoms with Crippen LogP contribution in [-0.2, 0) is 12.0 Å². The van der Waals surface area contributed by atoms with E-state index in [0.717, 1.165) is 84.2 Å². The molecule has 4 aromatic carbocycles. The van der Waals surface area contributed by atoms with Crippen LogP contribution in [0.5, 0.6) is 5.75 Å². The number of carbonyl (C=O) groups excluding carboxylic acids is 1. The van der Waals surface area contributed by atoms with Crippen molar-refractivity contribution in [1.29, 1.82) is 0 Å². The quantitative estimate of drug-likeness (QED) is 0.157. The number of piperazine rings is 1. The average Bonchev–Trinajstić information content (AvgIpc) is 3.03. The number of carbonyl (C=O) groups is 1. The van der Waals surface area contributed by atoms with Crippen LogP contribution in [0.1, 0.15) is 68.4 Å². The molecule has 5 aromatic rings. The average molecular weight is 599 g/mol. The highest BCUT2D eigenvalue weighted by Gasteiger charge is 2.54. The minimum absolute atomic E-state index is 0.0666. The minimum atomic E-state index is -0.284. The first-order chi connectivity index (χ1) is 21.7. The third-order valence-electron chi connectivity index (χ3n) is 11.0. The van der Waals surface area contributed by atoms with E-state index >= 15 is 0 Å². The van der Waals surface area contributed by atoms with E-state index < -0.39 is 0 Å². The van der Waals surface area contributed by atoms with Gasteiger partial charge in [0.15, 0.2) is 0 Å². The zero-order valence-corrected chi connectivity index (χ0v) is 26.8. The number of fused-ring (bicyclic) bond motifs is 9. The summed E-state index contributed by atoms with van der Waals surface area (Å²) in [5, 5.41) is 2.17. The molecule has 0 N–H and O–H groups in total. The molecule has 45 heavy (non-hydrogen) atoms. The SMILES string of the molecule is C[C@H]1CC[C@@H]2C(C)(C)Oc3c(c4nc5cc(C(=O)N6CCN(Cc7ccccc7)CC6)ccc5nc4c4ccccc34)[C@@]2(C)C1. The van der Waals surface area contributed by atoms with E-state index in [0.29, 0.717) is 17.4 Å². The maximum atomic E-state index is 13.8. The topological polar surface area (TPSA) is 58.6 Å². The maximum absolute atomic E-state index is 13.8. The Balaban J connectivity index is 1.19. The van der Waals surface area contributed by atoms with E-state index in [9.17, 15) is 4.79 Å². The summed E-state index contributed by atoms with van der Waals surface area (Å²) in [6.07, 6.45) is 3.45. The zero-order valence-electron chi connectivity index (χ0n) is 26.8. The largest absolute Gasteiger partial charge is 0.486 e. The van der Waals surface area contributed by atoms with Crippen LogP contribution in [0.3, 0.4) is 0 Å². The van der Waals surface area contributed by atoms with Crippen molar-refractivity contribution in [2.75, 3.05) is 26.2 Å².